The molecule has 0 aromatic heterocycles. The van der Waals surface area contributed by atoms with Gasteiger partial charge in [0.2, 0.25) is 5.91 Å². The molecule has 2 fully saturated rings. The molecule has 24 heavy (non-hydrogen) atoms. The number of carbonyl (C=O) groups is 1. The van der Waals surface area contributed by atoms with Crippen molar-refractivity contribution >= 4 is 5.91 Å². The lowest BCUT2D eigenvalue weighted by Crippen LogP contribution is -2.50. The van der Waals surface area contributed by atoms with Gasteiger partial charge in [-0.05, 0) is 30.2 Å². The van der Waals surface area contributed by atoms with Crippen molar-refractivity contribution in [3.05, 3.63) is 23.8 Å². The Labute approximate surface area is 141 Å². The summed E-state index contributed by atoms with van der Waals surface area (Å²) in [7, 11) is 1.64. The molecule has 0 radical (unpaired) electrons. The molecule has 0 bridgehead atoms. The van der Waals surface area contributed by atoms with Gasteiger partial charge in [-0.2, -0.15) is 0 Å². The third-order valence-electron chi connectivity index (χ3n) is 5.17. The number of amides is 1. The molecule has 1 aromatic rings. The zero-order valence-electron chi connectivity index (χ0n) is 14.0. The number of hydrogen-bond acceptors (Lipinski definition) is 5. The Balaban J connectivity index is 1.40. The molecule has 3 aliphatic rings. The smallest absolute Gasteiger partial charge is 0.229 e. The van der Waals surface area contributed by atoms with E-state index in [1.54, 1.807) is 7.11 Å². The average Bonchev–Trinajstić information content (AvgIpc) is 3.09. The molecule has 6 nitrogen and oxygen atoms in total. The first-order chi connectivity index (χ1) is 11.7. The summed E-state index contributed by atoms with van der Waals surface area (Å²) < 4.78 is 22.5. The van der Waals surface area contributed by atoms with Crippen molar-refractivity contribution in [1.29, 1.82) is 0 Å². The zero-order chi connectivity index (χ0) is 16.6. The Morgan fingerprint density at radius 3 is 2.71 bits per heavy atom. The van der Waals surface area contributed by atoms with Crippen LogP contribution in [0.15, 0.2) is 18.2 Å². The molecule has 130 valence electrons. The van der Waals surface area contributed by atoms with Crippen LogP contribution in [-0.2, 0) is 20.7 Å². The first-order valence-corrected chi connectivity index (χ1v) is 8.55. The predicted octanol–water partition coefficient (Wildman–Crippen LogP) is 1.61. The zero-order valence-corrected chi connectivity index (χ0v) is 14.0. The fraction of sp³-hybridized carbons (Fsp3) is 0.611. The Kier molecular flexibility index (Phi) is 4.10. The van der Waals surface area contributed by atoms with E-state index in [0.29, 0.717) is 39.3 Å². The molecule has 1 amide bonds. The number of methoxy groups -OCH3 is 1. The van der Waals surface area contributed by atoms with Gasteiger partial charge in [0.1, 0.15) is 18.1 Å². The van der Waals surface area contributed by atoms with Crippen molar-refractivity contribution in [2.45, 2.75) is 25.0 Å². The topological polar surface area (TPSA) is 57.2 Å². The number of carbonyl (C=O) groups excluding carboxylic acids is 1. The molecule has 2 saturated heterocycles. The van der Waals surface area contributed by atoms with Crippen LogP contribution >= 0.6 is 0 Å². The largest absolute Gasteiger partial charge is 0.497 e. The second-order valence-electron chi connectivity index (χ2n) is 6.62. The number of ether oxygens (including phenoxy) is 4. The number of benzene rings is 1. The van der Waals surface area contributed by atoms with Crippen molar-refractivity contribution in [1.82, 2.24) is 4.90 Å². The van der Waals surface area contributed by atoms with Crippen LogP contribution in [0.2, 0.25) is 0 Å². The van der Waals surface area contributed by atoms with Crippen LogP contribution in [0, 0.1) is 5.92 Å². The molecule has 0 N–H and O–H groups in total. The van der Waals surface area contributed by atoms with E-state index in [1.165, 1.54) is 0 Å². The van der Waals surface area contributed by atoms with Gasteiger partial charge in [-0.1, -0.05) is 0 Å². The first kappa shape index (κ1) is 15.7. The van der Waals surface area contributed by atoms with Gasteiger partial charge in [-0.25, -0.2) is 0 Å². The monoisotopic (exact) mass is 333 g/mol. The summed E-state index contributed by atoms with van der Waals surface area (Å²) in [6, 6.07) is 5.75. The van der Waals surface area contributed by atoms with Crippen molar-refractivity contribution < 1.29 is 23.7 Å². The van der Waals surface area contributed by atoms with Gasteiger partial charge >= 0.3 is 0 Å². The van der Waals surface area contributed by atoms with E-state index < -0.39 is 5.79 Å². The fourth-order valence-electron chi connectivity index (χ4n) is 3.77. The second-order valence-corrected chi connectivity index (χ2v) is 6.62. The van der Waals surface area contributed by atoms with E-state index in [1.807, 2.05) is 23.1 Å². The highest BCUT2D eigenvalue weighted by Gasteiger charge is 2.42. The van der Waals surface area contributed by atoms with E-state index >= 15 is 0 Å². The van der Waals surface area contributed by atoms with Gasteiger partial charge in [-0.3, -0.25) is 4.79 Å². The lowest BCUT2D eigenvalue weighted by Gasteiger charge is -2.39. The van der Waals surface area contributed by atoms with Crippen LogP contribution in [0.25, 0.3) is 0 Å². The minimum absolute atomic E-state index is 0.135. The van der Waals surface area contributed by atoms with Crippen molar-refractivity contribution in [2.75, 3.05) is 40.0 Å². The maximum Gasteiger partial charge on any atom is 0.229 e. The lowest BCUT2D eigenvalue weighted by molar-refractivity contribution is -0.188. The number of nitrogens with zero attached hydrogens (tertiary/aromatic N) is 1. The lowest BCUT2D eigenvalue weighted by atomic mass is 9.94. The predicted molar refractivity (Wildman–Crippen MR) is 86.1 cm³/mol. The van der Waals surface area contributed by atoms with Crippen LogP contribution < -0.4 is 9.47 Å². The van der Waals surface area contributed by atoms with Crippen molar-refractivity contribution in [3.8, 4) is 11.5 Å². The standard InChI is InChI=1S/C18H23NO5/c1-21-15-2-3-16-13(11-15)10-14(12-22-16)17(20)19-6-4-18(5-7-19)23-8-9-24-18/h2-3,11,14H,4-10,12H2,1H3. The molecule has 1 atom stereocenters. The van der Waals surface area contributed by atoms with E-state index in [-0.39, 0.29) is 11.8 Å². The molecule has 0 saturated carbocycles. The molecule has 1 unspecified atom stereocenters. The van der Waals surface area contributed by atoms with Crippen LogP contribution in [-0.4, -0.2) is 56.6 Å². The van der Waals surface area contributed by atoms with Crippen LogP contribution in [0.4, 0.5) is 0 Å². The summed E-state index contributed by atoms with van der Waals surface area (Å²) in [5.41, 5.74) is 1.04. The van der Waals surface area contributed by atoms with Crippen molar-refractivity contribution in [2.24, 2.45) is 5.92 Å². The Morgan fingerprint density at radius 2 is 2.00 bits per heavy atom. The quantitative estimate of drug-likeness (QED) is 0.823. The third-order valence-corrected chi connectivity index (χ3v) is 5.17. The van der Waals surface area contributed by atoms with E-state index in [9.17, 15) is 4.79 Å². The average molecular weight is 333 g/mol. The third kappa shape index (κ3) is 2.84. The molecular formula is C18H23NO5. The maximum atomic E-state index is 12.9. The number of piperidine rings is 1. The van der Waals surface area contributed by atoms with Crippen LogP contribution in [0.3, 0.4) is 0 Å². The number of rotatable bonds is 2. The van der Waals surface area contributed by atoms with E-state index in [0.717, 1.165) is 29.9 Å². The van der Waals surface area contributed by atoms with Crippen LogP contribution in [0.1, 0.15) is 18.4 Å². The van der Waals surface area contributed by atoms with Gasteiger partial charge in [0.05, 0.1) is 26.2 Å². The minimum Gasteiger partial charge on any atom is -0.497 e. The first-order valence-electron chi connectivity index (χ1n) is 8.55. The van der Waals surface area contributed by atoms with Crippen molar-refractivity contribution in [3.63, 3.8) is 0 Å². The summed E-state index contributed by atoms with van der Waals surface area (Å²) in [5.74, 6) is 1.23. The summed E-state index contributed by atoms with van der Waals surface area (Å²) in [5, 5.41) is 0. The summed E-state index contributed by atoms with van der Waals surface area (Å²) in [4.78, 5) is 14.8. The van der Waals surface area contributed by atoms with Gasteiger partial charge in [0.25, 0.3) is 0 Å². The molecule has 0 aliphatic carbocycles. The summed E-state index contributed by atoms with van der Waals surface area (Å²) in [6.07, 6.45) is 2.19. The van der Waals surface area contributed by atoms with Gasteiger partial charge < -0.3 is 23.8 Å². The molecular weight excluding hydrogens is 310 g/mol. The Hall–Kier alpha value is -1.79. The molecule has 3 heterocycles. The Bertz CT molecular complexity index is 616. The van der Waals surface area contributed by atoms with Gasteiger partial charge in [0, 0.05) is 25.9 Å². The molecule has 3 aliphatic heterocycles. The normalized spacial score (nSPS) is 25.2. The SMILES string of the molecule is COc1ccc2c(c1)CC(C(=O)N1CCC3(CC1)OCCO3)CO2. The highest BCUT2D eigenvalue weighted by atomic mass is 16.7. The van der Waals surface area contributed by atoms with Crippen LogP contribution in [0.5, 0.6) is 11.5 Å². The number of hydrogen-bond donors (Lipinski definition) is 0. The van der Waals surface area contributed by atoms with Gasteiger partial charge in [-0.15, -0.1) is 0 Å². The maximum absolute atomic E-state index is 12.9. The van der Waals surface area contributed by atoms with E-state index in [2.05, 4.69) is 0 Å². The fourth-order valence-corrected chi connectivity index (χ4v) is 3.77. The molecule has 4 rings (SSSR count). The second kappa shape index (κ2) is 6.26. The Morgan fingerprint density at radius 1 is 1.25 bits per heavy atom. The van der Waals surface area contributed by atoms with Gasteiger partial charge in [0.15, 0.2) is 5.79 Å². The highest BCUT2D eigenvalue weighted by molar-refractivity contribution is 5.80. The number of fused-ring (bicyclic) bond motifs is 1. The summed E-state index contributed by atoms with van der Waals surface area (Å²) in [6.45, 7) is 3.11. The highest BCUT2D eigenvalue weighted by Crippen LogP contribution is 2.34. The molecule has 6 heteroatoms. The molecule has 1 aromatic carbocycles. The summed E-state index contributed by atoms with van der Waals surface area (Å²) >= 11 is 0. The molecule has 1 spiro atoms. The van der Waals surface area contributed by atoms with E-state index in [4.69, 9.17) is 18.9 Å². The number of likely N-dealkylation sites (tertiary alicyclic amines) is 1. The minimum atomic E-state index is -0.445.